The number of nitrogens with zero attached hydrogens (tertiary/aromatic N) is 3. The molecule has 0 saturated carbocycles. The highest BCUT2D eigenvalue weighted by molar-refractivity contribution is 6.03. The van der Waals surface area contributed by atoms with Gasteiger partial charge in [-0.05, 0) is 69.1 Å². The molecule has 0 spiro atoms. The molecule has 0 fully saturated rings. The molecule has 1 aliphatic rings. The molecule has 9 nitrogen and oxygen atoms in total. The number of aliphatic carboxylic acids is 1. The minimum absolute atomic E-state index is 0.0420. The number of imidazole rings is 1. The summed E-state index contributed by atoms with van der Waals surface area (Å²) in [6.45, 7) is 10.1. The molecule has 198 valence electrons. The van der Waals surface area contributed by atoms with Crippen molar-refractivity contribution in [3.05, 3.63) is 47.3 Å². The molecule has 0 aliphatic heterocycles. The molecule has 1 amide bonds. The topological polar surface area (TPSA) is 141 Å². The van der Waals surface area contributed by atoms with Gasteiger partial charge in [0, 0.05) is 18.7 Å². The van der Waals surface area contributed by atoms with Crippen LogP contribution in [0, 0.1) is 22.7 Å². The van der Waals surface area contributed by atoms with Crippen LogP contribution in [-0.2, 0) is 9.53 Å². The number of rotatable bonds is 10. The van der Waals surface area contributed by atoms with Gasteiger partial charge in [0.05, 0.1) is 29.1 Å². The third-order valence-electron chi connectivity index (χ3n) is 7.12. The lowest BCUT2D eigenvalue weighted by molar-refractivity contribution is -0.141. The fourth-order valence-electron chi connectivity index (χ4n) is 4.53. The van der Waals surface area contributed by atoms with Gasteiger partial charge >= 0.3 is 5.97 Å². The van der Waals surface area contributed by atoms with Gasteiger partial charge in [-0.15, -0.1) is 0 Å². The van der Waals surface area contributed by atoms with Crippen molar-refractivity contribution in [3.8, 4) is 6.07 Å². The number of nitrogens with one attached hydrogen (secondary N) is 2. The minimum Gasteiger partial charge on any atom is -0.481 e. The Bertz CT molecular complexity index is 1220. The predicted molar refractivity (Wildman–Crippen MR) is 141 cm³/mol. The molecule has 2 aromatic heterocycles. The van der Waals surface area contributed by atoms with Gasteiger partial charge in [0.15, 0.2) is 5.82 Å². The molecule has 0 bridgehead atoms. The standard InChI is InChI=1S/C28H37N5O4/c1-17(26(35)36)13-19(14-28(4,5)37-6)21-7-8-22(33-25(34)24-30-16-20(15-29)31-24)23(32-21)18-9-11-27(2,3)12-10-18/h7-9,16-17,19H,10-14H2,1-6H3,(H,30,31)(H,33,34)(H,35,36)/t17-,19-/m0/s1. The third kappa shape index (κ3) is 7.26. The summed E-state index contributed by atoms with van der Waals surface area (Å²) in [5, 5.41) is 21.5. The molecule has 0 saturated heterocycles. The van der Waals surface area contributed by atoms with Crippen molar-refractivity contribution in [2.75, 3.05) is 12.4 Å². The summed E-state index contributed by atoms with van der Waals surface area (Å²) in [7, 11) is 1.65. The average Bonchev–Trinajstić information content (AvgIpc) is 3.33. The highest BCUT2D eigenvalue weighted by Crippen LogP contribution is 2.40. The molecular formula is C28H37N5O4. The fourth-order valence-corrected chi connectivity index (χ4v) is 4.53. The number of aromatic nitrogens is 3. The van der Waals surface area contributed by atoms with Gasteiger partial charge in [-0.25, -0.2) is 4.98 Å². The molecule has 9 heteroatoms. The highest BCUT2D eigenvalue weighted by Gasteiger charge is 2.30. The van der Waals surface area contributed by atoms with Crippen molar-refractivity contribution in [1.82, 2.24) is 15.0 Å². The van der Waals surface area contributed by atoms with E-state index in [0.29, 0.717) is 24.2 Å². The Kier molecular flexibility index (Phi) is 8.54. The van der Waals surface area contributed by atoms with Crippen LogP contribution in [0.5, 0.6) is 0 Å². The number of allylic oxidation sites excluding steroid dienone is 2. The lowest BCUT2D eigenvalue weighted by Crippen LogP contribution is -2.28. The van der Waals surface area contributed by atoms with E-state index in [1.807, 2.05) is 32.0 Å². The van der Waals surface area contributed by atoms with E-state index in [0.717, 1.165) is 30.5 Å². The Morgan fingerprint density at radius 1 is 1.35 bits per heavy atom. The number of carbonyl (C=O) groups excluding carboxylic acids is 1. The number of ether oxygens (including phenoxy) is 1. The van der Waals surface area contributed by atoms with Crippen molar-refractivity contribution in [1.29, 1.82) is 5.26 Å². The van der Waals surface area contributed by atoms with Gasteiger partial charge in [0.1, 0.15) is 11.8 Å². The van der Waals surface area contributed by atoms with E-state index in [2.05, 4.69) is 35.2 Å². The summed E-state index contributed by atoms with van der Waals surface area (Å²) in [5.41, 5.74) is 2.96. The number of carbonyl (C=O) groups is 2. The lowest BCUT2D eigenvalue weighted by atomic mass is 9.77. The molecule has 3 N–H and O–H groups in total. The van der Waals surface area contributed by atoms with Gasteiger partial charge in [-0.1, -0.05) is 26.8 Å². The lowest BCUT2D eigenvalue weighted by Gasteiger charge is -2.31. The van der Waals surface area contributed by atoms with E-state index in [4.69, 9.17) is 15.0 Å². The van der Waals surface area contributed by atoms with E-state index >= 15 is 0 Å². The number of methoxy groups -OCH3 is 1. The molecule has 2 heterocycles. The van der Waals surface area contributed by atoms with E-state index < -0.39 is 23.4 Å². The molecule has 37 heavy (non-hydrogen) atoms. The predicted octanol–water partition coefficient (Wildman–Crippen LogP) is 5.53. The number of aromatic amines is 1. The largest absolute Gasteiger partial charge is 0.481 e. The Balaban J connectivity index is 2.03. The number of hydrogen-bond acceptors (Lipinski definition) is 6. The first-order valence-electron chi connectivity index (χ1n) is 12.6. The second kappa shape index (κ2) is 11.3. The Morgan fingerprint density at radius 3 is 2.65 bits per heavy atom. The maximum Gasteiger partial charge on any atom is 0.306 e. The number of carboxylic acid groups (broad SMARTS) is 1. The zero-order chi connectivity index (χ0) is 27.4. The Labute approximate surface area is 218 Å². The van der Waals surface area contributed by atoms with Crippen LogP contribution >= 0.6 is 0 Å². The van der Waals surface area contributed by atoms with Gasteiger partial charge in [0.2, 0.25) is 0 Å². The minimum atomic E-state index is -0.850. The summed E-state index contributed by atoms with van der Waals surface area (Å²) in [4.78, 5) is 36.3. The van der Waals surface area contributed by atoms with E-state index in [1.165, 1.54) is 6.20 Å². The van der Waals surface area contributed by atoms with Crippen LogP contribution in [0.3, 0.4) is 0 Å². The maximum absolute atomic E-state index is 12.9. The molecule has 3 rings (SSSR count). The number of H-pyrrole nitrogens is 1. The number of amides is 1. The van der Waals surface area contributed by atoms with Gasteiger partial charge in [0.25, 0.3) is 5.91 Å². The Morgan fingerprint density at radius 2 is 2.08 bits per heavy atom. The molecular weight excluding hydrogens is 470 g/mol. The first kappa shape index (κ1) is 28.1. The molecule has 0 radical (unpaired) electrons. The summed E-state index contributed by atoms with van der Waals surface area (Å²) in [6.07, 6.45) is 7.18. The van der Waals surface area contributed by atoms with Crippen molar-refractivity contribution in [3.63, 3.8) is 0 Å². The smallest absolute Gasteiger partial charge is 0.306 e. The van der Waals surface area contributed by atoms with Crippen molar-refractivity contribution in [2.45, 2.75) is 78.2 Å². The zero-order valence-corrected chi connectivity index (χ0v) is 22.5. The quantitative estimate of drug-likeness (QED) is 0.384. The van der Waals surface area contributed by atoms with Crippen LogP contribution in [0.2, 0.25) is 0 Å². The zero-order valence-electron chi connectivity index (χ0n) is 22.5. The average molecular weight is 508 g/mol. The SMILES string of the molecule is COC(C)(C)C[C@H](C[C@H](C)C(=O)O)c1ccc(NC(=O)c2ncc(C#N)[nH]2)c(C2=CCC(C)(C)CC2)n1. The van der Waals surface area contributed by atoms with Crippen LogP contribution in [0.25, 0.3) is 5.57 Å². The first-order chi connectivity index (χ1) is 17.3. The second-order valence-electron chi connectivity index (χ2n) is 11.3. The first-order valence-corrected chi connectivity index (χ1v) is 12.6. The molecule has 0 aromatic carbocycles. The number of hydrogen-bond donors (Lipinski definition) is 3. The summed E-state index contributed by atoms with van der Waals surface area (Å²) in [6, 6.07) is 5.60. The number of pyridine rings is 1. The molecule has 1 aliphatic carbocycles. The van der Waals surface area contributed by atoms with Crippen LogP contribution in [0.15, 0.2) is 24.4 Å². The molecule has 2 aromatic rings. The normalized spacial score (nSPS) is 16.8. The van der Waals surface area contributed by atoms with Crippen LogP contribution < -0.4 is 5.32 Å². The number of nitriles is 1. The summed E-state index contributed by atoms with van der Waals surface area (Å²) in [5.74, 6) is -1.98. The second-order valence-corrected chi connectivity index (χ2v) is 11.3. The van der Waals surface area contributed by atoms with Crippen LogP contribution in [0.1, 0.15) is 100 Å². The molecule has 0 unspecified atom stereocenters. The van der Waals surface area contributed by atoms with E-state index in [9.17, 15) is 14.7 Å². The van der Waals surface area contributed by atoms with Gasteiger partial charge in [-0.3, -0.25) is 14.6 Å². The monoisotopic (exact) mass is 507 g/mol. The van der Waals surface area contributed by atoms with E-state index in [-0.39, 0.29) is 22.9 Å². The third-order valence-corrected chi connectivity index (χ3v) is 7.12. The number of anilines is 1. The maximum atomic E-state index is 12.9. The summed E-state index contributed by atoms with van der Waals surface area (Å²) < 4.78 is 5.66. The van der Waals surface area contributed by atoms with Gasteiger partial charge < -0.3 is 20.1 Å². The highest BCUT2D eigenvalue weighted by atomic mass is 16.5. The molecule has 2 atom stereocenters. The van der Waals surface area contributed by atoms with Crippen molar-refractivity contribution < 1.29 is 19.4 Å². The number of carboxylic acids is 1. The van der Waals surface area contributed by atoms with E-state index in [1.54, 1.807) is 14.0 Å². The van der Waals surface area contributed by atoms with Gasteiger partial charge in [-0.2, -0.15) is 5.26 Å². The fraction of sp³-hybridized carbons (Fsp3) is 0.536. The summed E-state index contributed by atoms with van der Waals surface area (Å²) >= 11 is 0. The van der Waals surface area contributed by atoms with Crippen molar-refractivity contribution >= 4 is 23.1 Å². The van der Waals surface area contributed by atoms with Crippen molar-refractivity contribution in [2.24, 2.45) is 11.3 Å². The Hall–Kier alpha value is -3.51. The van der Waals surface area contributed by atoms with Crippen LogP contribution in [-0.4, -0.2) is 44.6 Å². The van der Waals surface area contributed by atoms with Crippen LogP contribution in [0.4, 0.5) is 5.69 Å².